The van der Waals surface area contributed by atoms with Crippen LogP contribution in [0.3, 0.4) is 0 Å². The summed E-state index contributed by atoms with van der Waals surface area (Å²) >= 11 is 6.94. The van der Waals surface area contributed by atoms with Crippen LogP contribution in [0.15, 0.2) is 22.7 Å². The van der Waals surface area contributed by atoms with Crippen LogP contribution in [0.4, 0.5) is 0 Å². The predicted octanol–water partition coefficient (Wildman–Crippen LogP) is 4.05. The van der Waals surface area contributed by atoms with Crippen LogP contribution in [0.5, 0.6) is 0 Å². The van der Waals surface area contributed by atoms with Gasteiger partial charge in [-0.1, -0.05) is 34.5 Å². The second-order valence-corrected chi connectivity index (χ2v) is 6.18. The van der Waals surface area contributed by atoms with Crippen LogP contribution in [0, 0.1) is 6.92 Å². The number of rotatable bonds is 5. The highest BCUT2D eigenvalue weighted by molar-refractivity contribution is 9.10. The van der Waals surface area contributed by atoms with Gasteiger partial charge in [-0.25, -0.2) is 0 Å². The van der Waals surface area contributed by atoms with Crippen molar-refractivity contribution in [2.45, 2.75) is 31.5 Å². The highest BCUT2D eigenvalue weighted by atomic mass is 79.9. The van der Waals surface area contributed by atoms with Gasteiger partial charge in [0, 0.05) is 15.8 Å². The molecule has 4 heteroatoms. The average Bonchev–Trinajstić information content (AvgIpc) is 2.31. The Morgan fingerprint density at radius 1 is 1.47 bits per heavy atom. The van der Waals surface area contributed by atoms with E-state index < -0.39 is 0 Å². The Kier molecular flexibility index (Phi) is 6.20. The minimum Gasteiger partial charge on any atom is -0.352 e. The molecule has 1 N–H and O–H groups in total. The van der Waals surface area contributed by atoms with Crippen molar-refractivity contribution in [3.05, 3.63) is 33.8 Å². The summed E-state index contributed by atoms with van der Waals surface area (Å²) in [4.78, 5) is 12.4. The van der Waals surface area contributed by atoms with Crippen molar-refractivity contribution in [1.82, 2.24) is 5.32 Å². The quantitative estimate of drug-likeness (QED) is 0.786. The molecule has 1 aromatic rings. The van der Waals surface area contributed by atoms with Crippen LogP contribution in [-0.4, -0.2) is 17.3 Å². The van der Waals surface area contributed by atoms with E-state index in [0.717, 1.165) is 22.9 Å². The van der Waals surface area contributed by atoms with E-state index >= 15 is 0 Å². The van der Waals surface area contributed by atoms with Crippen LogP contribution < -0.4 is 5.32 Å². The molecule has 1 amide bonds. The summed E-state index contributed by atoms with van der Waals surface area (Å²) in [6.07, 6.45) is 2.02. The molecule has 1 atom stereocenters. The van der Waals surface area contributed by atoms with Gasteiger partial charge in [-0.2, -0.15) is 0 Å². The molecule has 0 aliphatic carbocycles. The van der Waals surface area contributed by atoms with Gasteiger partial charge in [0.05, 0.1) is 5.56 Å². The third-order valence-electron chi connectivity index (χ3n) is 2.55. The Bertz CT molecular complexity index is 393. The lowest BCUT2D eigenvalue weighted by Gasteiger charge is -2.09. The predicted molar refractivity (Wildman–Crippen MR) is 78.8 cm³/mol. The van der Waals surface area contributed by atoms with E-state index in [1.807, 2.05) is 25.1 Å². The smallest absolute Gasteiger partial charge is 0.252 e. The molecule has 2 nitrogen and oxygen atoms in total. The van der Waals surface area contributed by atoms with Crippen molar-refractivity contribution in [2.75, 3.05) is 6.54 Å². The Morgan fingerprint density at radius 2 is 2.18 bits per heavy atom. The maximum atomic E-state index is 11.9. The fourth-order valence-corrected chi connectivity index (χ4v) is 2.11. The number of carbonyl (C=O) groups is 1. The zero-order valence-corrected chi connectivity index (χ0v) is 13.3. The molecule has 17 heavy (non-hydrogen) atoms. The van der Waals surface area contributed by atoms with Gasteiger partial charge >= 0.3 is 0 Å². The maximum absolute atomic E-state index is 11.9. The van der Waals surface area contributed by atoms with Crippen molar-refractivity contribution in [3.8, 4) is 0 Å². The molecule has 0 radical (unpaired) electrons. The molecule has 0 saturated carbocycles. The van der Waals surface area contributed by atoms with Crippen LogP contribution in [0.1, 0.15) is 35.7 Å². The molecule has 0 bridgehead atoms. The number of aryl methyl sites for hydroxylation is 1. The zero-order chi connectivity index (χ0) is 12.8. The van der Waals surface area contributed by atoms with Crippen molar-refractivity contribution in [2.24, 2.45) is 0 Å². The number of benzene rings is 1. The molecule has 0 fully saturated rings. The number of hydrogen-bond donors (Lipinski definition) is 1. The zero-order valence-electron chi connectivity index (χ0n) is 10.1. The van der Waals surface area contributed by atoms with Gasteiger partial charge in [0.2, 0.25) is 0 Å². The standard InChI is InChI=1S/C13H17Br2NO/c1-3-10(14)6-7-16-13(17)11-8-9(2)4-5-12(11)15/h4-5,8,10H,3,6-7H2,1-2H3,(H,16,17). The van der Waals surface area contributed by atoms with E-state index in [2.05, 4.69) is 44.1 Å². The number of nitrogens with one attached hydrogen (secondary N) is 1. The molecule has 0 heterocycles. The molecule has 1 rings (SSSR count). The van der Waals surface area contributed by atoms with E-state index in [1.165, 1.54) is 0 Å². The molecule has 0 saturated heterocycles. The fraction of sp³-hybridized carbons (Fsp3) is 0.462. The lowest BCUT2D eigenvalue weighted by atomic mass is 10.1. The summed E-state index contributed by atoms with van der Waals surface area (Å²) in [5.41, 5.74) is 1.79. The van der Waals surface area contributed by atoms with Gasteiger partial charge in [-0.15, -0.1) is 0 Å². The first-order valence-corrected chi connectivity index (χ1v) is 7.44. The van der Waals surface area contributed by atoms with Gasteiger partial charge in [-0.3, -0.25) is 4.79 Å². The summed E-state index contributed by atoms with van der Waals surface area (Å²) in [5.74, 6) is -0.0172. The number of amides is 1. The SMILES string of the molecule is CCC(Br)CCNC(=O)c1cc(C)ccc1Br. The van der Waals surface area contributed by atoms with E-state index in [4.69, 9.17) is 0 Å². The van der Waals surface area contributed by atoms with Gasteiger partial charge in [0.15, 0.2) is 0 Å². The monoisotopic (exact) mass is 361 g/mol. The number of hydrogen-bond acceptors (Lipinski definition) is 1. The molecule has 1 unspecified atom stereocenters. The van der Waals surface area contributed by atoms with Crippen LogP contribution in [-0.2, 0) is 0 Å². The second kappa shape index (κ2) is 7.17. The van der Waals surface area contributed by atoms with Crippen LogP contribution in [0.2, 0.25) is 0 Å². The number of alkyl halides is 1. The van der Waals surface area contributed by atoms with Crippen molar-refractivity contribution in [3.63, 3.8) is 0 Å². The van der Waals surface area contributed by atoms with Gasteiger partial charge in [0.1, 0.15) is 0 Å². The van der Waals surface area contributed by atoms with Crippen molar-refractivity contribution < 1.29 is 4.79 Å². The molecule has 0 aliphatic heterocycles. The second-order valence-electron chi connectivity index (χ2n) is 4.03. The molecule has 0 aromatic heterocycles. The lowest BCUT2D eigenvalue weighted by molar-refractivity contribution is 0.0952. The molecule has 94 valence electrons. The maximum Gasteiger partial charge on any atom is 0.252 e. The number of carbonyl (C=O) groups excluding carboxylic acids is 1. The summed E-state index contributed by atoms with van der Waals surface area (Å²) in [6, 6.07) is 5.78. The first-order chi connectivity index (χ1) is 8.04. The van der Waals surface area contributed by atoms with E-state index in [1.54, 1.807) is 0 Å². The molecular formula is C13H17Br2NO. The van der Waals surface area contributed by atoms with E-state index in [0.29, 0.717) is 16.9 Å². The van der Waals surface area contributed by atoms with Crippen LogP contribution in [0.25, 0.3) is 0 Å². The van der Waals surface area contributed by atoms with Gasteiger partial charge in [0.25, 0.3) is 5.91 Å². The lowest BCUT2D eigenvalue weighted by Crippen LogP contribution is -2.26. The highest BCUT2D eigenvalue weighted by Gasteiger charge is 2.10. The topological polar surface area (TPSA) is 29.1 Å². The number of halogens is 2. The molecular weight excluding hydrogens is 346 g/mol. The Hall–Kier alpha value is -0.350. The van der Waals surface area contributed by atoms with Crippen LogP contribution >= 0.6 is 31.9 Å². The Labute approximate surface area is 119 Å². The normalized spacial score (nSPS) is 12.2. The third kappa shape index (κ3) is 4.80. The molecule has 0 spiro atoms. The first kappa shape index (κ1) is 14.7. The Balaban J connectivity index is 2.55. The largest absolute Gasteiger partial charge is 0.352 e. The Morgan fingerprint density at radius 3 is 2.82 bits per heavy atom. The minimum atomic E-state index is -0.0172. The van der Waals surface area contributed by atoms with Gasteiger partial charge in [-0.05, 0) is 47.8 Å². The summed E-state index contributed by atoms with van der Waals surface area (Å²) in [7, 11) is 0. The molecule has 0 aliphatic rings. The van der Waals surface area contributed by atoms with Crippen molar-refractivity contribution >= 4 is 37.8 Å². The fourth-order valence-electron chi connectivity index (χ4n) is 1.45. The third-order valence-corrected chi connectivity index (χ3v) is 4.35. The summed E-state index contributed by atoms with van der Waals surface area (Å²) < 4.78 is 0.839. The van der Waals surface area contributed by atoms with Crippen molar-refractivity contribution in [1.29, 1.82) is 0 Å². The summed E-state index contributed by atoms with van der Waals surface area (Å²) in [6.45, 7) is 4.80. The first-order valence-electron chi connectivity index (χ1n) is 5.73. The van der Waals surface area contributed by atoms with E-state index in [9.17, 15) is 4.79 Å². The van der Waals surface area contributed by atoms with E-state index in [-0.39, 0.29) is 5.91 Å². The van der Waals surface area contributed by atoms with Gasteiger partial charge < -0.3 is 5.32 Å². The minimum absolute atomic E-state index is 0.0172. The average molecular weight is 363 g/mol. The highest BCUT2D eigenvalue weighted by Crippen LogP contribution is 2.18. The molecule has 1 aromatic carbocycles. The summed E-state index contributed by atoms with van der Waals surface area (Å²) in [5, 5.41) is 2.93.